The number of imide groups is 1. The van der Waals surface area contributed by atoms with Gasteiger partial charge in [0.25, 0.3) is 5.91 Å². The Bertz CT molecular complexity index is 1060. The van der Waals surface area contributed by atoms with E-state index in [0.717, 1.165) is 10.5 Å². The van der Waals surface area contributed by atoms with Gasteiger partial charge in [0.15, 0.2) is 5.76 Å². The highest BCUT2D eigenvalue weighted by molar-refractivity contribution is 6.31. The summed E-state index contributed by atoms with van der Waals surface area (Å²) < 4.78 is 5.34. The third kappa shape index (κ3) is 3.15. The van der Waals surface area contributed by atoms with Crippen molar-refractivity contribution in [3.8, 4) is 11.3 Å². The van der Waals surface area contributed by atoms with Crippen LogP contribution in [0.2, 0.25) is 10.0 Å². The topological polar surface area (TPSA) is 75.4 Å². The monoisotopic (exact) mass is 415 g/mol. The van der Waals surface area contributed by atoms with Gasteiger partial charge in [-0.3, -0.25) is 9.69 Å². The number of halogens is 2. The Kier molecular flexibility index (Phi) is 4.61. The number of nitrogens with one attached hydrogen (secondary N) is 1. The average molecular weight is 416 g/mol. The van der Waals surface area contributed by atoms with Crippen molar-refractivity contribution in [1.29, 1.82) is 0 Å². The molecule has 1 aromatic heterocycles. The molecule has 1 atom stereocenters. The number of urea groups is 1. The van der Waals surface area contributed by atoms with E-state index in [-0.39, 0.29) is 12.5 Å². The van der Waals surface area contributed by atoms with Crippen LogP contribution in [0, 0.1) is 0 Å². The highest BCUT2D eigenvalue weighted by Crippen LogP contribution is 2.33. The average Bonchev–Trinajstić information content (AvgIpc) is 3.22. The molecule has 0 spiro atoms. The first-order chi connectivity index (χ1) is 13.4. The predicted molar refractivity (Wildman–Crippen MR) is 105 cm³/mol. The smallest absolute Gasteiger partial charge is 0.325 e. The molecule has 0 radical (unpaired) electrons. The summed E-state index contributed by atoms with van der Waals surface area (Å²) >= 11 is 12.0. The minimum atomic E-state index is -1.19. The lowest BCUT2D eigenvalue weighted by Gasteiger charge is -2.22. The number of hydrogen-bond donors (Lipinski definition) is 1. The van der Waals surface area contributed by atoms with Crippen LogP contribution in [0.1, 0.15) is 18.1 Å². The van der Waals surface area contributed by atoms with Crippen molar-refractivity contribution < 1.29 is 14.1 Å². The molecule has 1 saturated heterocycles. The second-order valence-corrected chi connectivity index (χ2v) is 7.52. The second kappa shape index (κ2) is 6.96. The fourth-order valence-electron chi connectivity index (χ4n) is 3.22. The Balaban J connectivity index is 1.63. The summed E-state index contributed by atoms with van der Waals surface area (Å²) in [4.78, 5) is 26.8. The van der Waals surface area contributed by atoms with Crippen molar-refractivity contribution in [2.45, 2.75) is 19.0 Å². The Morgan fingerprint density at radius 1 is 1.11 bits per heavy atom. The predicted octanol–water partition coefficient (Wildman–Crippen LogP) is 4.62. The van der Waals surface area contributed by atoms with Crippen LogP contribution in [-0.4, -0.2) is 22.0 Å². The number of hydrogen-bond acceptors (Lipinski definition) is 4. The first-order valence-corrected chi connectivity index (χ1v) is 9.24. The lowest BCUT2D eigenvalue weighted by molar-refractivity contribution is -0.131. The normalized spacial score (nSPS) is 19.2. The van der Waals surface area contributed by atoms with Crippen molar-refractivity contribution in [2.24, 2.45) is 0 Å². The standard InChI is InChI=1S/C20H15Cl2N3O3/c1-20(14-3-2-4-16(22)9-14)18(26)25(19(27)24-20)11-13-10-23-28-17(13)12-5-7-15(21)8-6-12/h2-10H,11H2,1H3,(H,24,27). The van der Waals surface area contributed by atoms with Crippen LogP contribution in [0.5, 0.6) is 0 Å². The summed E-state index contributed by atoms with van der Waals surface area (Å²) in [6.07, 6.45) is 1.50. The van der Waals surface area contributed by atoms with Gasteiger partial charge in [0, 0.05) is 21.2 Å². The summed E-state index contributed by atoms with van der Waals surface area (Å²) in [7, 11) is 0. The van der Waals surface area contributed by atoms with Crippen molar-refractivity contribution in [1.82, 2.24) is 15.4 Å². The minimum Gasteiger partial charge on any atom is -0.356 e. The molecule has 8 heteroatoms. The van der Waals surface area contributed by atoms with Crippen LogP contribution in [0.3, 0.4) is 0 Å². The maximum absolute atomic E-state index is 13.1. The number of amides is 3. The molecule has 0 aliphatic carbocycles. The van der Waals surface area contributed by atoms with E-state index in [2.05, 4.69) is 10.5 Å². The zero-order valence-electron chi connectivity index (χ0n) is 14.8. The summed E-state index contributed by atoms with van der Waals surface area (Å²) in [6.45, 7) is 1.69. The van der Waals surface area contributed by atoms with Gasteiger partial charge in [0.1, 0.15) is 5.54 Å². The molecule has 4 rings (SSSR count). The molecule has 0 saturated carbocycles. The largest absolute Gasteiger partial charge is 0.356 e. The van der Waals surface area contributed by atoms with Crippen molar-refractivity contribution in [2.75, 3.05) is 0 Å². The van der Waals surface area contributed by atoms with Gasteiger partial charge >= 0.3 is 6.03 Å². The summed E-state index contributed by atoms with van der Waals surface area (Å²) in [5.41, 5.74) is 0.784. The van der Waals surface area contributed by atoms with Crippen LogP contribution >= 0.6 is 23.2 Å². The van der Waals surface area contributed by atoms with Crippen LogP contribution in [0.4, 0.5) is 4.79 Å². The molecular formula is C20H15Cl2N3O3. The van der Waals surface area contributed by atoms with E-state index in [4.69, 9.17) is 27.7 Å². The molecule has 142 valence electrons. The molecule has 3 aromatic rings. The molecule has 1 aliphatic rings. The second-order valence-electron chi connectivity index (χ2n) is 6.64. The first-order valence-electron chi connectivity index (χ1n) is 8.48. The molecule has 6 nitrogen and oxygen atoms in total. The van der Waals surface area contributed by atoms with E-state index in [1.807, 2.05) is 0 Å². The quantitative estimate of drug-likeness (QED) is 0.630. The molecule has 2 heterocycles. The van der Waals surface area contributed by atoms with Crippen molar-refractivity contribution in [3.63, 3.8) is 0 Å². The van der Waals surface area contributed by atoms with Gasteiger partial charge < -0.3 is 9.84 Å². The molecule has 1 aliphatic heterocycles. The fraction of sp³-hybridized carbons (Fsp3) is 0.150. The molecule has 1 unspecified atom stereocenters. The zero-order chi connectivity index (χ0) is 19.9. The highest BCUT2D eigenvalue weighted by atomic mass is 35.5. The molecule has 3 amide bonds. The van der Waals surface area contributed by atoms with Gasteiger partial charge in [-0.2, -0.15) is 0 Å². The van der Waals surface area contributed by atoms with Gasteiger partial charge in [0.05, 0.1) is 12.7 Å². The third-order valence-electron chi connectivity index (χ3n) is 4.76. The van der Waals surface area contributed by atoms with E-state index in [0.29, 0.717) is 26.9 Å². The SMILES string of the molecule is CC1(c2cccc(Cl)c2)NC(=O)N(Cc2cnoc2-c2ccc(Cl)cc2)C1=O. The first kappa shape index (κ1) is 18.5. The van der Waals surface area contributed by atoms with Gasteiger partial charge in [0.2, 0.25) is 0 Å². The molecule has 1 fully saturated rings. The number of carbonyl (C=O) groups is 2. The number of carbonyl (C=O) groups excluding carboxylic acids is 2. The number of rotatable bonds is 4. The zero-order valence-corrected chi connectivity index (χ0v) is 16.3. The van der Waals surface area contributed by atoms with Crippen LogP contribution < -0.4 is 5.32 Å². The van der Waals surface area contributed by atoms with E-state index >= 15 is 0 Å². The molecular weight excluding hydrogens is 401 g/mol. The summed E-state index contributed by atoms with van der Waals surface area (Å²) in [5.74, 6) is 0.108. The van der Waals surface area contributed by atoms with E-state index in [1.165, 1.54) is 6.20 Å². The van der Waals surface area contributed by atoms with Gasteiger partial charge in [-0.05, 0) is 48.9 Å². The summed E-state index contributed by atoms with van der Waals surface area (Å²) in [5, 5.41) is 7.67. The maximum Gasteiger partial charge on any atom is 0.325 e. The van der Waals surface area contributed by atoms with Crippen LogP contribution in [0.25, 0.3) is 11.3 Å². The number of benzene rings is 2. The van der Waals surface area contributed by atoms with Gasteiger partial charge in [-0.25, -0.2) is 4.79 Å². The van der Waals surface area contributed by atoms with E-state index in [1.54, 1.807) is 55.5 Å². The molecule has 0 bridgehead atoms. The molecule has 2 aromatic carbocycles. The highest BCUT2D eigenvalue weighted by Gasteiger charge is 2.49. The van der Waals surface area contributed by atoms with Crippen LogP contribution in [-0.2, 0) is 16.9 Å². The molecule has 28 heavy (non-hydrogen) atoms. The fourth-order valence-corrected chi connectivity index (χ4v) is 3.53. The van der Waals surface area contributed by atoms with E-state index < -0.39 is 11.6 Å². The summed E-state index contributed by atoms with van der Waals surface area (Å²) in [6, 6.07) is 13.4. The van der Waals surface area contributed by atoms with Crippen molar-refractivity contribution >= 4 is 35.1 Å². The maximum atomic E-state index is 13.1. The van der Waals surface area contributed by atoms with Crippen LogP contribution in [0.15, 0.2) is 59.3 Å². The Labute approximate surface area is 171 Å². The van der Waals surface area contributed by atoms with Gasteiger partial charge in [-0.15, -0.1) is 0 Å². The Hall–Kier alpha value is -2.83. The number of nitrogens with zero attached hydrogens (tertiary/aromatic N) is 2. The van der Waals surface area contributed by atoms with E-state index in [9.17, 15) is 9.59 Å². The lowest BCUT2D eigenvalue weighted by Crippen LogP contribution is -2.40. The van der Waals surface area contributed by atoms with Gasteiger partial charge in [-0.1, -0.05) is 40.5 Å². The Morgan fingerprint density at radius 3 is 2.57 bits per heavy atom. The Morgan fingerprint density at radius 2 is 1.86 bits per heavy atom. The lowest BCUT2D eigenvalue weighted by atomic mass is 9.92. The third-order valence-corrected chi connectivity index (χ3v) is 5.24. The minimum absolute atomic E-state index is 0.0300. The van der Waals surface area contributed by atoms with Crippen molar-refractivity contribution in [3.05, 3.63) is 75.9 Å². The number of aromatic nitrogens is 1. The molecule has 1 N–H and O–H groups in total.